The van der Waals surface area contributed by atoms with Gasteiger partial charge < -0.3 is 19.8 Å². The highest BCUT2D eigenvalue weighted by molar-refractivity contribution is 7.10. The molecule has 4 aromatic rings. The van der Waals surface area contributed by atoms with Crippen molar-refractivity contribution in [2.24, 2.45) is 0 Å². The Kier molecular flexibility index (Phi) is 7.29. The third-order valence-corrected chi connectivity index (χ3v) is 8.48. The third-order valence-electron chi connectivity index (χ3n) is 7.69. The Labute approximate surface area is 240 Å². The van der Waals surface area contributed by atoms with E-state index in [0.717, 1.165) is 55.2 Å². The van der Waals surface area contributed by atoms with Gasteiger partial charge in [-0.3, -0.25) is 9.69 Å². The van der Waals surface area contributed by atoms with Crippen molar-refractivity contribution in [1.82, 2.24) is 28.8 Å². The standard InChI is InChI=1S/C28H30FN9O2S/c1-3-23-26(34(2)28-31-27(33-41-28)22-5-4-19(29)12-18(22)14-30)24-13-20(6-7-38(24)32-23)36-10-8-35(9-11-36)17-25(40)37-15-21(39)16-37/h4-7,12-13,21,39H,3,8-11,15-17H2,1-2H3. The monoisotopic (exact) mass is 575 g/mol. The number of aliphatic hydroxyl groups is 1. The largest absolute Gasteiger partial charge is 0.389 e. The van der Waals surface area contributed by atoms with E-state index in [9.17, 15) is 19.6 Å². The van der Waals surface area contributed by atoms with Crippen LogP contribution in [0.15, 0.2) is 36.5 Å². The second-order valence-corrected chi connectivity index (χ2v) is 11.1. The molecule has 1 amide bonds. The van der Waals surface area contributed by atoms with Gasteiger partial charge in [0.2, 0.25) is 11.0 Å². The Morgan fingerprint density at radius 1 is 1.22 bits per heavy atom. The fourth-order valence-corrected chi connectivity index (χ4v) is 5.99. The molecule has 2 saturated heterocycles. The fourth-order valence-electron chi connectivity index (χ4n) is 5.35. The summed E-state index contributed by atoms with van der Waals surface area (Å²) in [7, 11) is 1.93. The summed E-state index contributed by atoms with van der Waals surface area (Å²) in [6, 6.07) is 10.2. The summed E-state index contributed by atoms with van der Waals surface area (Å²) in [6.45, 7) is 6.47. The van der Waals surface area contributed by atoms with Gasteiger partial charge in [0.15, 0.2) is 5.82 Å². The van der Waals surface area contributed by atoms with Gasteiger partial charge in [0, 0.05) is 75.3 Å². The van der Waals surface area contributed by atoms with Crippen LogP contribution in [-0.4, -0.2) is 98.8 Å². The van der Waals surface area contributed by atoms with E-state index in [-0.39, 0.29) is 17.6 Å². The number of aryl methyl sites for hydroxylation is 1. The molecule has 2 aliphatic rings. The van der Waals surface area contributed by atoms with Gasteiger partial charge >= 0.3 is 0 Å². The minimum atomic E-state index is -0.477. The number of anilines is 3. The summed E-state index contributed by atoms with van der Waals surface area (Å²) >= 11 is 1.21. The lowest BCUT2D eigenvalue weighted by Gasteiger charge is -2.39. The molecule has 2 aliphatic heterocycles. The summed E-state index contributed by atoms with van der Waals surface area (Å²) in [5.41, 5.74) is 4.54. The summed E-state index contributed by atoms with van der Waals surface area (Å²) in [5.74, 6) is -0.0208. The van der Waals surface area contributed by atoms with Gasteiger partial charge in [0.1, 0.15) is 5.82 Å². The first kappa shape index (κ1) is 27.1. The van der Waals surface area contributed by atoms with Crippen LogP contribution >= 0.6 is 11.5 Å². The van der Waals surface area contributed by atoms with E-state index in [4.69, 9.17) is 5.10 Å². The molecule has 2 fully saturated rings. The van der Waals surface area contributed by atoms with E-state index in [1.807, 2.05) is 28.7 Å². The number of carbonyl (C=O) groups excluding carboxylic acids is 1. The summed E-state index contributed by atoms with van der Waals surface area (Å²) < 4.78 is 20.0. The molecule has 0 radical (unpaired) electrons. The number of pyridine rings is 1. The number of aromatic nitrogens is 4. The van der Waals surface area contributed by atoms with Gasteiger partial charge in [-0.25, -0.2) is 8.91 Å². The lowest BCUT2D eigenvalue weighted by molar-refractivity contribution is -0.142. The van der Waals surface area contributed by atoms with Crippen LogP contribution in [0.2, 0.25) is 0 Å². The van der Waals surface area contributed by atoms with Gasteiger partial charge in [-0.05, 0) is 36.8 Å². The van der Waals surface area contributed by atoms with Crippen molar-refractivity contribution in [2.45, 2.75) is 19.4 Å². The fraction of sp³-hybridized carbons (Fsp3) is 0.393. The number of nitrogens with zero attached hydrogens (tertiary/aromatic N) is 9. The molecule has 6 rings (SSSR count). The molecule has 212 valence electrons. The molecular weight excluding hydrogens is 545 g/mol. The Balaban J connectivity index is 1.22. The van der Waals surface area contributed by atoms with Gasteiger partial charge in [0.05, 0.1) is 41.2 Å². The average molecular weight is 576 g/mol. The second-order valence-electron chi connectivity index (χ2n) is 10.3. The number of amides is 1. The molecule has 0 bridgehead atoms. The number of aliphatic hydroxyl groups excluding tert-OH is 1. The maximum Gasteiger partial charge on any atom is 0.236 e. The topological polar surface area (TPSA) is 117 Å². The van der Waals surface area contributed by atoms with Crippen molar-refractivity contribution in [1.29, 1.82) is 5.26 Å². The number of halogens is 1. The summed E-state index contributed by atoms with van der Waals surface area (Å²) in [5, 5.41) is 24.4. The van der Waals surface area contributed by atoms with Crippen LogP contribution in [0.3, 0.4) is 0 Å². The number of carbonyl (C=O) groups is 1. The number of nitriles is 1. The van der Waals surface area contributed by atoms with Crippen LogP contribution in [0.4, 0.5) is 20.9 Å². The zero-order chi connectivity index (χ0) is 28.7. The molecule has 3 aromatic heterocycles. The van der Waals surface area contributed by atoms with Crippen molar-refractivity contribution in [3.63, 3.8) is 0 Å². The van der Waals surface area contributed by atoms with Crippen LogP contribution in [0, 0.1) is 17.1 Å². The van der Waals surface area contributed by atoms with Crippen molar-refractivity contribution in [2.75, 3.05) is 62.7 Å². The molecule has 0 spiro atoms. The Morgan fingerprint density at radius 2 is 2.00 bits per heavy atom. The smallest absolute Gasteiger partial charge is 0.236 e. The lowest BCUT2D eigenvalue weighted by Crippen LogP contribution is -2.57. The Morgan fingerprint density at radius 3 is 2.71 bits per heavy atom. The van der Waals surface area contributed by atoms with E-state index < -0.39 is 5.82 Å². The van der Waals surface area contributed by atoms with Crippen LogP contribution in [0.1, 0.15) is 18.2 Å². The van der Waals surface area contributed by atoms with Gasteiger partial charge in [0.25, 0.3) is 0 Å². The van der Waals surface area contributed by atoms with Gasteiger partial charge in [-0.1, -0.05) is 6.92 Å². The van der Waals surface area contributed by atoms with Crippen molar-refractivity contribution in [3.8, 4) is 17.5 Å². The van der Waals surface area contributed by atoms with Gasteiger partial charge in [-0.15, -0.1) is 0 Å². The molecule has 41 heavy (non-hydrogen) atoms. The Hall–Kier alpha value is -4.12. The maximum atomic E-state index is 13.7. The van der Waals surface area contributed by atoms with Crippen LogP contribution in [-0.2, 0) is 11.2 Å². The summed E-state index contributed by atoms with van der Waals surface area (Å²) in [6.07, 6.45) is 2.31. The highest BCUT2D eigenvalue weighted by atomic mass is 32.1. The summed E-state index contributed by atoms with van der Waals surface area (Å²) in [4.78, 5) is 25.3. The van der Waals surface area contributed by atoms with Crippen molar-refractivity contribution >= 4 is 39.5 Å². The van der Waals surface area contributed by atoms with Gasteiger partial charge in [-0.2, -0.15) is 19.7 Å². The zero-order valence-corrected chi connectivity index (χ0v) is 23.7. The number of rotatable bonds is 7. The van der Waals surface area contributed by atoms with Crippen LogP contribution < -0.4 is 9.80 Å². The molecular formula is C28H30FN9O2S. The quantitative estimate of drug-likeness (QED) is 0.355. The molecule has 0 atom stereocenters. The lowest BCUT2D eigenvalue weighted by atomic mass is 10.1. The first-order valence-electron chi connectivity index (χ1n) is 13.6. The SMILES string of the molecule is CCc1nn2ccc(N3CCN(CC(=O)N4CC(O)C4)CC3)cc2c1N(C)c1nc(-c2ccc(F)cc2C#N)ns1. The molecule has 11 nitrogen and oxygen atoms in total. The molecule has 0 saturated carbocycles. The number of hydrogen-bond acceptors (Lipinski definition) is 10. The zero-order valence-electron chi connectivity index (χ0n) is 22.9. The minimum Gasteiger partial charge on any atom is -0.389 e. The molecule has 13 heteroatoms. The average Bonchev–Trinajstić information content (AvgIpc) is 3.60. The Bertz CT molecular complexity index is 1630. The number of β-amino-alcohol motifs (C(OH)–C–C–N with tert-alkyl or cyclic N) is 1. The van der Waals surface area contributed by atoms with Crippen LogP contribution in [0.25, 0.3) is 16.9 Å². The highest BCUT2D eigenvalue weighted by Crippen LogP contribution is 2.36. The molecule has 0 aliphatic carbocycles. The van der Waals surface area contributed by atoms with Crippen molar-refractivity contribution < 1.29 is 14.3 Å². The molecule has 1 N–H and O–H groups in total. The predicted molar refractivity (Wildman–Crippen MR) is 154 cm³/mol. The number of likely N-dealkylation sites (tertiary alicyclic amines) is 1. The number of hydrogen-bond donors (Lipinski definition) is 1. The molecule has 5 heterocycles. The van der Waals surface area contributed by atoms with E-state index in [1.165, 1.54) is 29.7 Å². The minimum absolute atomic E-state index is 0.0762. The van der Waals surface area contributed by atoms with E-state index >= 15 is 0 Å². The van der Waals surface area contributed by atoms with E-state index in [0.29, 0.717) is 36.2 Å². The normalized spacial score (nSPS) is 16.2. The molecule has 1 aromatic carbocycles. The number of benzene rings is 1. The first-order valence-corrected chi connectivity index (χ1v) is 14.3. The highest BCUT2D eigenvalue weighted by Gasteiger charge is 2.30. The van der Waals surface area contributed by atoms with Crippen molar-refractivity contribution in [3.05, 3.63) is 53.6 Å². The first-order chi connectivity index (χ1) is 19.8. The van der Waals surface area contributed by atoms with Crippen LogP contribution in [0.5, 0.6) is 0 Å². The maximum absolute atomic E-state index is 13.7. The number of piperazine rings is 1. The van der Waals surface area contributed by atoms with E-state index in [1.54, 1.807) is 4.90 Å². The second kappa shape index (κ2) is 11.0. The van der Waals surface area contributed by atoms with E-state index in [2.05, 4.69) is 38.2 Å². The number of fused-ring (bicyclic) bond motifs is 1. The predicted octanol–water partition coefficient (Wildman–Crippen LogP) is 2.52. The third kappa shape index (κ3) is 5.21. The molecule has 0 unspecified atom stereocenters.